The Balaban J connectivity index is 1.51. The molecular weight excluding hydrogens is 486 g/mol. The van der Waals surface area contributed by atoms with E-state index >= 15 is 0 Å². The number of aliphatic hydroxyl groups excluding tert-OH is 1. The first-order chi connectivity index (χ1) is 17.7. The minimum absolute atomic E-state index is 0.0914. The number of fused-ring (bicyclic) bond motifs is 5. The molecule has 0 radical (unpaired) electrons. The molecular formula is C30H41NO7. The highest BCUT2D eigenvalue weighted by Gasteiger charge is 2.77. The zero-order valence-corrected chi connectivity index (χ0v) is 23.7. The van der Waals surface area contributed by atoms with Gasteiger partial charge in [0.25, 0.3) is 0 Å². The van der Waals surface area contributed by atoms with Crippen LogP contribution in [0.25, 0.3) is 0 Å². The van der Waals surface area contributed by atoms with Crippen LogP contribution in [0.5, 0.6) is 0 Å². The highest BCUT2D eigenvalue weighted by atomic mass is 16.7. The fourth-order valence-corrected chi connectivity index (χ4v) is 8.70. The van der Waals surface area contributed by atoms with Crippen LogP contribution in [-0.4, -0.2) is 57.6 Å². The van der Waals surface area contributed by atoms with Gasteiger partial charge in [0.1, 0.15) is 23.0 Å². The number of nitrogens with zero attached hydrogens (tertiary/aromatic N) is 1. The van der Waals surface area contributed by atoms with E-state index in [4.69, 9.17) is 18.7 Å². The Kier molecular flexibility index (Phi) is 5.54. The second kappa shape index (κ2) is 8.03. The van der Waals surface area contributed by atoms with Crippen molar-refractivity contribution in [3.8, 4) is 0 Å². The summed E-state index contributed by atoms with van der Waals surface area (Å²) in [6.07, 6.45) is 2.73. The Labute approximate surface area is 224 Å². The van der Waals surface area contributed by atoms with Gasteiger partial charge in [-0.15, -0.1) is 0 Å². The first kappa shape index (κ1) is 26.2. The van der Waals surface area contributed by atoms with Gasteiger partial charge in [-0.05, 0) is 74.9 Å². The third kappa shape index (κ3) is 3.17. The molecule has 8 nitrogen and oxygen atoms in total. The second-order valence-electron chi connectivity index (χ2n) is 13.4. The third-order valence-electron chi connectivity index (χ3n) is 10.6. The number of carbonyl (C=O) groups is 1. The van der Waals surface area contributed by atoms with Crippen molar-refractivity contribution in [2.45, 2.75) is 97.9 Å². The predicted molar refractivity (Wildman–Crippen MR) is 138 cm³/mol. The average Bonchev–Trinajstić information content (AvgIpc) is 3.11. The van der Waals surface area contributed by atoms with Crippen LogP contribution in [-0.2, 0) is 20.6 Å². The number of hydrogen-bond donors (Lipinski definition) is 2. The number of carbonyl (C=O) groups excluding carboxylic acids is 1. The summed E-state index contributed by atoms with van der Waals surface area (Å²) in [7, 11) is 0. The standard InChI is InChI=1S/C30H41NO7/c1-9-20-21(16(4)38-31-20)26(33)36-24-14(2)12-29-15(3)10-19-22(27(19,5)6)18(23(29)32)11-17-13-35-28(7,8)37-25(17)30(24,29)34/h11-12,15,18-19,22-25,32,34H,9-10,13H2,1-8H3. The van der Waals surface area contributed by atoms with Crippen LogP contribution in [0.4, 0.5) is 0 Å². The minimum Gasteiger partial charge on any atom is -0.451 e. The molecule has 208 valence electrons. The molecule has 1 aliphatic heterocycles. The molecule has 1 aromatic rings. The molecule has 2 bridgehead atoms. The lowest BCUT2D eigenvalue weighted by atomic mass is 9.58. The number of hydrogen-bond acceptors (Lipinski definition) is 8. The van der Waals surface area contributed by atoms with E-state index in [2.05, 4.69) is 32.0 Å². The normalized spacial score (nSPS) is 44.0. The fourth-order valence-electron chi connectivity index (χ4n) is 8.70. The van der Waals surface area contributed by atoms with Gasteiger partial charge in [-0.3, -0.25) is 0 Å². The molecule has 0 amide bonds. The van der Waals surface area contributed by atoms with Crippen molar-refractivity contribution in [3.63, 3.8) is 0 Å². The van der Waals surface area contributed by atoms with E-state index in [0.717, 1.165) is 12.0 Å². The van der Waals surface area contributed by atoms with Crippen molar-refractivity contribution in [1.82, 2.24) is 5.16 Å². The van der Waals surface area contributed by atoms with Gasteiger partial charge in [0.15, 0.2) is 11.9 Å². The SMILES string of the molecule is CCc1noc(C)c1C(=O)OC1C(C)=CC23C(C)CC4C(C(C=C5COC(C)(C)OC5C12O)C3O)C4(C)C. The summed E-state index contributed by atoms with van der Waals surface area (Å²) in [5.74, 6) is -0.736. The highest BCUT2D eigenvalue weighted by Crippen LogP contribution is 2.73. The second-order valence-corrected chi connectivity index (χ2v) is 13.4. The van der Waals surface area contributed by atoms with E-state index in [0.29, 0.717) is 29.4 Å². The Hall–Kier alpha value is -2.00. The van der Waals surface area contributed by atoms with E-state index in [-0.39, 0.29) is 35.3 Å². The highest BCUT2D eigenvalue weighted by molar-refractivity contribution is 5.92. The van der Waals surface area contributed by atoms with Gasteiger partial charge >= 0.3 is 5.97 Å². The molecule has 1 saturated heterocycles. The van der Waals surface area contributed by atoms with Crippen LogP contribution in [0.1, 0.15) is 76.7 Å². The smallest absolute Gasteiger partial charge is 0.344 e. The van der Waals surface area contributed by atoms with Gasteiger partial charge in [0.05, 0.1) is 23.8 Å². The van der Waals surface area contributed by atoms with Gasteiger partial charge in [-0.25, -0.2) is 4.79 Å². The third-order valence-corrected chi connectivity index (χ3v) is 10.6. The van der Waals surface area contributed by atoms with Gasteiger partial charge in [-0.1, -0.05) is 45.0 Å². The molecule has 2 saturated carbocycles. The first-order valence-corrected chi connectivity index (χ1v) is 14.0. The minimum atomic E-state index is -1.74. The van der Waals surface area contributed by atoms with E-state index in [1.807, 2.05) is 33.8 Å². The zero-order valence-electron chi connectivity index (χ0n) is 23.7. The summed E-state index contributed by atoms with van der Waals surface area (Å²) in [5, 5.41) is 29.5. The topological polar surface area (TPSA) is 111 Å². The summed E-state index contributed by atoms with van der Waals surface area (Å²) in [4.78, 5) is 13.6. The quantitative estimate of drug-likeness (QED) is 0.446. The lowest BCUT2D eigenvalue weighted by molar-refractivity contribution is -0.312. The molecule has 9 atom stereocenters. The fraction of sp³-hybridized carbons (Fsp3) is 0.733. The van der Waals surface area contributed by atoms with Crippen molar-refractivity contribution in [2.24, 2.45) is 34.5 Å². The molecule has 38 heavy (non-hydrogen) atoms. The summed E-state index contributed by atoms with van der Waals surface area (Å²) in [5.41, 5.74) is -0.413. The van der Waals surface area contributed by atoms with Crippen LogP contribution in [0.15, 0.2) is 27.8 Å². The summed E-state index contributed by atoms with van der Waals surface area (Å²) in [6.45, 7) is 16.0. The number of rotatable bonds is 3. The van der Waals surface area contributed by atoms with Crippen molar-refractivity contribution in [3.05, 3.63) is 40.3 Å². The molecule has 1 aromatic heterocycles. The number of aryl methyl sites for hydroxylation is 2. The Morgan fingerprint density at radius 2 is 1.95 bits per heavy atom. The van der Waals surface area contributed by atoms with Crippen LogP contribution in [0, 0.1) is 41.4 Å². The Morgan fingerprint density at radius 3 is 2.63 bits per heavy atom. The molecule has 5 aliphatic rings. The number of esters is 1. The van der Waals surface area contributed by atoms with Gasteiger partial charge in [0, 0.05) is 5.92 Å². The van der Waals surface area contributed by atoms with Gasteiger partial charge in [-0.2, -0.15) is 0 Å². The molecule has 8 heteroatoms. The van der Waals surface area contributed by atoms with Crippen LogP contribution in [0.2, 0.25) is 0 Å². The molecule has 4 aliphatic carbocycles. The van der Waals surface area contributed by atoms with Crippen LogP contribution < -0.4 is 0 Å². The van der Waals surface area contributed by atoms with Crippen LogP contribution >= 0.6 is 0 Å². The number of aromatic nitrogens is 1. The largest absolute Gasteiger partial charge is 0.451 e. The van der Waals surface area contributed by atoms with Crippen molar-refractivity contribution in [2.75, 3.05) is 6.61 Å². The Morgan fingerprint density at radius 1 is 1.24 bits per heavy atom. The maximum Gasteiger partial charge on any atom is 0.344 e. The van der Waals surface area contributed by atoms with Gasteiger partial charge in [0.2, 0.25) is 0 Å². The summed E-state index contributed by atoms with van der Waals surface area (Å²) >= 11 is 0. The van der Waals surface area contributed by atoms with E-state index in [1.54, 1.807) is 6.92 Å². The monoisotopic (exact) mass is 527 g/mol. The van der Waals surface area contributed by atoms with E-state index < -0.39 is 41.1 Å². The Bertz CT molecular complexity index is 1240. The molecule has 3 fully saturated rings. The van der Waals surface area contributed by atoms with Gasteiger partial charge < -0.3 is 28.9 Å². The molecule has 6 rings (SSSR count). The maximum absolute atomic E-state index is 13.6. The van der Waals surface area contributed by atoms with E-state index in [9.17, 15) is 15.0 Å². The lowest BCUT2D eigenvalue weighted by Crippen LogP contribution is -2.69. The summed E-state index contributed by atoms with van der Waals surface area (Å²) in [6, 6.07) is 0. The molecule has 2 heterocycles. The lowest BCUT2D eigenvalue weighted by Gasteiger charge is -2.55. The molecule has 0 aromatic carbocycles. The van der Waals surface area contributed by atoms with Crippen molar-refractivity contribution < 1.29 is 33.7 Å². The van der Waals surface area contributed by atoms with Crippen molar-refractivity contribution in [1.29, 1.82) is 0 Å². The predicted octanol–water partition coefficient (Wildman–Crippen LogP) is 4.13. The molecule has 1 spiro atoms. The first-order valence-electron chi connectivity index (χ1n) is 14.0. The maximum atomic E-state index is 13.6. The average molecular weight is 528 g/mol. The summed E-state index contributed by atoms with van der Waals surface area (Å²) < 4.78 is 24.1. The van der Waals surface area contributed by atoms with Crippen molar-refractivity contribution >= 4 is 5.97 Å². The number of aliphatic hydroxyl groups is 2. The van der Waals surface area contributed by atoms with E-state index in [1.165, 1.54) is 0 Å². The molecule has 9 unspecified atom stereocenters. The zero-order chi connectivity index (χ0) is 27.6. The molecule has 2 N–H and O–H groups in total. The number of ether oxygens (including phenoxy) is 3. The van der Waals surface area contributed by atoms with Crippen LogP contribution in [0.3, 0.4) is 0 Å².